The number of halogens is 1. The second-order valence-electron chi connectivity index (χ2n) is 5.83. The summed E-state index contributed by atoms with van der Waals surface area (Å²) in [6.45, 7) is 1.41. The number of aromatic nitrogens is 2. The Bertz CT molecular complexity index is 963. The van der Waals surface area contributed by atoms with Crippen LogP contribution in [-0.4, -0.2) is 33.5 Å². The number of hydrogen-bond acceptors (Lipinski definition) is 5. The molecule has 0 saturated carbocycles. The van der Waals surface area contributed by atoms with E-state index < -0.39 is 18.4 Å². The van der Waals surface area contributed by atoms with Crippen LogP contribution in [0.25, 0.3) is 11.3 Å². The second-order valence-corrected chi connectivity index (χ2v) is 5.83. The summed E-state index contributed by atoms with van der Waals surface area (Å²) in [5.74, 6) is -0.240. The van der Waals surface area contributed by atoms with E-state index in [9.17, 15) is 9.59 Å². The van der Waals surface area contributed by atoms with Crippen LogP contribution < -0.4 is 10.6 Å². The molecule has 0 aliphatic carbocycles. The van der Waals surface area contributed by atoms with Crippen molar-refractivity contribution in [2.75, 3.05) is 11.9 Å². The predicted molar refractivity (Wildman–Crippen MR) is 109 cm³/mol. The quantitative estimate of drug-likeness (QED) is 0.587. The minimum absolute atomic E-state index is 0. The van der Waals surface area contributed by atoms with E-state index in [1.807, 2.05) is 43.3 Å². The molecule has 3 rings (SSSR count). The third-order valence-corrected chi connectivity index (χ3v) is 3.73. The highest BCUT2D eigenvalue weighted by Crippen LogP contribution is 2.22. The van der Waals surface area contributed by atoms with Crippen molar-refractivity contribution >= 4 is 35.8 Å². The maximum Gasteiger partial charge on any atom is 0.322 e. The van der Waals surface area contributed by atoms with Gasteiger partial charge in [0.25, 0.3) is 5.91 Å². The molecule has 1 aromatic heterocycles. The van der Waals surface area contributed by atoms with E-state index in [2.05, 4.69) is 20.6 Å². The molecule has 1 amide bonds. The van der Waals surface area contributed by atoms with E-state index in [4.69, 9.17) is 5.11 Å². The van der Waals surface area contributed by atoms with Gasteiger partial charge in [0.05, 0.1) is 5.69 Å². The molecule has 7 nitrogen and oxygen atoms in total. The first-order valence-electron chi connectivity index (χ1n) is 8.29. The van der Waals surface area contributed by atoms with Crippen LogP contribution in [0.3, 0.4) is 0 Å². The number of carboxylic acid groups (broad SMARTS) is 1. The first-order valence-corrected chi connectivity index (χ1v) is 8.29. The van der Waals surface area contributed by atoms with Crippen molar-refractivity contribution in [3.8, 4) is 11.3 Å². The van der Waals surface area contributed by atoms with Crippen LogP contribution >= 0.6 is 12.4 Å². The fourth-order valence-corrected chi connectivity index (χ4v) is 2.50. The van der Waals surface area contributed by atoms with Crippen molar-refractivity contribution < 1.29 is 14.7 Å². The summed E-state index contributed by atoms with van der Waals surface area (Å²) < 4.78 is 0. The molecule has 0 atom stereocenters. The average Bonchev–Trinajstić information content (AvgIpc) is 2.67. The van der Waals surface area contributed by atoms with Gasteiger partial charge in [0, 0.05) is 22.9 Å². The van der Waals surface area contributed by atoms with Gasteiger partial charge in [0.2, 0.25) is 0 Å². The summed E-state index contributed by atoms with van der Waals surface area (Å²) in [4.78, 5) is 31.2. The van der Waals surface area contributed by atoms with Crippen molar-refractivity contribution in [3.05, 3.63) is 72.1 Å². The van der Waals surface area contributed by atoms with Crippen LogP contribution in [0.2, 0.25) is 0 Å². The topological polar surface area (TPSA) is 104 Å². The van der Waals surface area contributed by atoms with E-state index in [0.717, 1.165) is 16.9 Å². The Balaban J connectivity index is 0.00000280. The maximum absolute atomic E-state index is 11.8. The summed E-state index contributed by atoms with van der Waals surface area (Å²) in [5.41, 5.74) is 2.94. The van der Waals surface area contributed by atoms with Crippen LogP contribution in [-0.2, 0) is 4.79 Å². The van der Waals surface area contributed by atoms with Gasteiger partial charge in [-0.05, 0) is 31.2 Å². The van der Waals surface area contributed by atoms with Gasteiger partial charge in [-0.15, -0.1) is 12.4 Å². The molecular weight excluding hydrogens is 380 g/mol. The first-order chi connectivity index (χ1) is 13.0. The number of carboxylic acids is 1. The number of benzene rings is 2. The van der Waals surface area contributed by atoms with Crippen LogP contribution in [0.15, 0.2) is 60.7 Å². The third-order valence-electron chi connectivity index (χ3n) is 3.73. The molecule has 28 heavy (non-hydrogen) atoms. The van der Waals surface area contributed by atoms with Crippen molar-refractivity contribution in [2.24, 2.45) is 0 Å². The number of carbonyl (C=O) groups is 2. The Labute approximate surface area is 168 Å². The largest absolute Gasteiger partial charge is 0.480 e. The summed E-state index contributed by atoms with van der Waals surface area (Å²) in [7, 11) is 0. The molecule has 0 unspecified atom stereocenters. The lowest BCUT2D eigenvalue weighted by molar-refractivity contribution is -0.135. The monoisotopic (exact) mass is 398 g/mol. The fraction of sp³-hybridized carbons (Fsp3) is 0.100. The number of carbonyl (C=O) groups excluding carboxylic acids is 1. The Kier molecular flexibility index (Phi) is 7.06. The van der Waals surface area contributed by atoms with Crippen LogP contribution in [0.4, 0.5) is 11.5 Å². The van der Waals surface area contributed by atoms with Crippen molar-refractivity contribution in [1.29, 1.82) is 0 Å². The number of aryl methyl sites for hydroxylation is 1. The molecule has 0 saturated heterocycles. The lowest BCUT2D eigenvalue weighted by Crippen LogP contribution is -2.29. The second kappa shape index (κ2) is 9.48. The molecule has 8 heteroatoms. The number of aliphatic carboxylic acids is 1. The normalized spacial score (nSPS) is 9.89. The summed E-state index contributed by atoms with van der Waals surface area (Å²) >= 11 is 0. The van der Waals surface area contributed by atoms with Gasteiger partial charge in [-0.1, -0.05) is 30.3 Å². The molecule has 144 valence electrons. The number of nitrogens with one attached hydrogen (secondary N) is 2. The van der Waals surface area contributed by atoms with Gasteiger partial charge >= 0.3 is 5.97 Å². The maximum atomic E-state index is 11.8. The number of rotatable bonds is 6. The van der Waals surface area contributed by atoms with Crippen LogP contribution in [0.5, 0.6) is 0 Å². The van der Waals surface area contributed by atoms with Crippen molar-refractivity contribution in [2.45, 2.75) is 6.92 Å². The standard InChI is InChI=1S/C20H18N4O3.ClH/c1-13-22-17(14-5-3-2-4-6-14)11-18(23-13)24-16-9-7-15(8-10-16)20(27)21-12-19(25)26;/h2-11H,12H2,1H3,(H,21,27)(H,25,26)(H,22,23,24);1H. The van der Waals surface area contributed by atoms with Crippen molar-refractivity contribution in [3.63, 3.8) is 0 Å². The molecule has 0 fully saturated rings. The minimum atomic E-state index is -1.09. The van der Waals surface area contributed by atoms with Gasteiger partial charge in [0.15, 0.2) is 0 Å². The SMILES string of the molecule is Cc1nc(Nc2ccc(C(=O)NCC(=O)O)cc2)cc(-c2ccccc2)n1.Cl. The van der Waals surface area contributed by atoms with Crippen LogP contribution in [0.1, 0.15) is 16.2 Å². The van der Waals surface area contributed by atoms with E-state index in [1.54, 1.807) is 24.3 Å². The molecular formula is C20H19ClN4O3. The Morgan fingerprint density at radius 2 is 1.68 bits per heavy atom. The van der Waals surface area contributed by atoms with Gasteiger partial charge in [-0.3, -0.25) is 9.59 Å². The zero-order valence-corrected chi connectivity index (χ0v) is 15.9. The Hall–Kier alpha value is -3.45. The molecule has 0 bridgehead atoms. The summed E-state index contributed by atoms with van der Waals surface area (Å²) in [6.07, 6.45) is 0. The molecule has 0 aliphatic rings. The van der Waals surface area contributed by atoms with Gasteiger partial charge in [-0.2, -0.15) is 0 Å². The van der Waals surface area contributed by atoms with E-state index >= 15 is 0 Å². The van der Waals surface area contributed by atoms with E-state index in [1.165, 1.54) is 0 Å². The molecule has 3 aromatic rings. The van der Waals surface area contributed by atoms with Gasteiger partial charge in [-0.25, -0.2) is 9.97 Å². The summed E-state index contributed by atoms with van der Waals surface area (Å²) in [5, 5.41) is 14.1. The number of anilines is 2. The summed E-state index contributed by atoms with van der Waals surface area (Å²) in [6, 6.07) is 18.4. The lowest BCUT2D eigenvalue weighted by Gasteiger charge is -2.09. The van der Waals surface area contributed by atoms with Gasteiger partial charge in [0.1, 0.15) is 18.2 Å². The molecule has 2 aromatic carbocycles. The zero-order chi connectivity index (χ0) is 19.2. The molecule has 1 heterocycles. The highest BCUT2D eigenvalue weighted by molar-refractivity contribution is 5.96. The highest BCUT2D eigenvalue weighted by atomic mass is 35.5. The number of hydrogen-bond donors (Lipinski definition) is 3. The Morgan fingerprint density at radius 3 is 2.32 bits per heavy atom. The van der Waals surface area contributed by atoms with E-state index in [0.29, 0.717) is 17.2 Å². The minimum Gasteiger partial charge on any atom is -0.480 e. The number of nitrogens with zero attached hydrogens (tertiary/aromatic N) is 2. The molecule has 0 spiro atoms. The first kappa shape index (κ1) is 20.9. The Morgan fingerprint density at radius 1 is 1.00 bits per heavy atom. The fourth-order valence-electron chi connectivity index (χ4n) is 2.50. The zero-order valence-electron chi connectivity index (χ0n) is 15.0. The third kappa shape index (κ3) is 5.52. The van der Waals surface area contributed by atoms with Crippen molar-refractivity contribution in [1.82, 2.24) is 15.3 Å². The average molecular weight is 399 g/mol. The van der Waals surface area contributed by atoms with E-state index in [-0.39, 0.29) is 12.4 Å². The molecule has 0 radical (unpaired) electrons. The molecule has 0 aliphatic heterocycles. The predicted octanol–water partition coefficient (Wildman–Crippen LogP) is 3.43. The highest BCUT2D eigenvalue weighted by Gasteiger charge is 2.08. The smallest absolute Gasteiger partial charge is 0.322 e. The molecule has 3 N–H and O–H groups in total. The van der Waals surface area contributed by atoms with Gasteiger partial charge < -0.3 is 15.7 Å². The van der Waals surface area contributed by atoms with Crippen LogP contribution in [0, 0.1) is 6.92 Å². The number of amides is 1. The lowest BCUT2D eigenvalue weighted by atomic mass is 10.1.